The fourth-order valence-electron chi connectivity index (χ4n) is 5.33. The lowest BCUT2D eigenvalue weighted by Crippen LogP contribution is -2.45. The van der Waals surface area contributed by atoms with Crippen molar-refractivity contribution in [2.45, 2.75) is 62.6 Å². The Bertz CT molecular complexity index is 864. The third kappa shape index (κ3) is 3.09. The van der Waals surface area contributed by atoms with E-state index in [9.17, 15) is 9.90 Å². The molecule has 5 rings (SSSR count). The van der Waals surface area contributed by atoms with Gasteiger partial charge in [-0.2, -0.15) is 5.10 Å². The van der Waals surface area contributed by atoms with Crippen LogP contribution in [0.5, 0.6) is 0 Å². The average molecular weight is 389 g/mol. The number of carbonyl (C=O) groups is 1. The van der Waals surface area contributed by atoms with Crippen LogP contribution in [0.25, 0.3) is 10.9 Å². The van der Waals surface area contributed by atoms with E-state index in [2.05, 4.69) is 20.8 Å². The van der Waals surface area contributed by atoms with E-state index in [-0.39, 0.29) is 12.1 Å². The number of amides is 2. The van der Waals surface area contributed by atoms with E-state index in [0.717, 1.165) is 29.3 Å². The normalized spacial score (nSPS) is 33.0. The van der Waals surface area contributed by atoms with E-state index in [0.29, 0.717) is 35.7 Å². The Hall–Kier alpha value is -1.79. The van der Waals surface area contributed by atoms with Crippen LogP contribution in [0.4, 0.5) is 4.79 Å². The van der Waals surface area contributed by atoms with Gasteiger partial charge < -0.3 is 15.7 Å². The van der Waals surface area contributed by atoms with E-state index >= 15 is 0 Å². The first-order chi connectivity index (χ1) is 13.0. The predicted molar refractivity (Wildman–Crippen MR) is 104 cm³/mol. The lowest BCUT2D eigenvalue weighted by Gasteiger charge is -2.28. The topological polar surface area (TPSA) is 90.0 Å². The Morgan fingerprint density at radius 2 is 1.93 bits per heavy atom. The molecule has 0 bridgehead atoms. The number of nitrogens with zero attached hydrogens (tertiary/aromatic N) is 1. The van der Waals surface area contributed by atoms with Crippen LogP contribution in [0.15, 0.2) is 18.3 Å². The second-order valence-corrected chi connectivity index (χ2v) is 8.97. The Morgan fingerprint density at radius 1 is 1.19 bits per heavy atom. The molecule has 4 N–H and O–H groups in total. The van der Waals surface area contributed by atoms with Crippen molar-refractivity contribution in [2.75, 3.05) is 0 Å². The van der Waals surface area contributed by atoms with Gasteiger partial charge in [-0.15, -0.1) is 0 Å². The lowest BCUT2D eigenvalue weighted by molar-refractivity contribution is 0.0299. The van der Waals surface area contributed by atoms with Crippen LogP contribution in [-0.2, 0) is 5.60 Å². The highest BCUT2D eigenvalue weighted by molar-refractivity contribution is 6.31. The maximum absolute atomic E-state index is 12.3. The second-order valence-electron chi connectivity index (χ2n) is 8.53. The van der Waals surface area contributed by atoms with Gasteiger partial charge in [0.1, 0.15) is 0 Å². The molecular weight excluding hydrogens is 364 g/mol. The molecule has 3 saturated carbocycles. The minimum Gasteiger partial charge on any atom is -0.385 e. The molecule has 0 aliphatic heterocycles. The highest BCUT2D eigenvalue weighted by Crippen LogP contribution is 2.60. The third-order valence-electron chi connectivity index (χ3n) is 6.74. The molecule has 2 amide bonds. The van der Waals surface area contributed by atoms with E-state index in [1.807, 2.05) is 12.1 Å². The van der Waals surface area contributed by atoms with Gasteiger partial charge >= 0.3 is 6.03 Å². The van der Waals surface area contributed by atoms with Gasteiger partial charge in [0.15, 0.2) is 0 Å². The standard InChI is InChI=1S/C20H25ClN4O2/c21-11-6-16(15-10-22-25-17(15)7-11)20(27)8-13-14(9-20)18(13)24-19(26)23-12-4-2-1-3-5-12/h6-7,10,12-14,18,27H,1-5,8-9H2,(H,22,25)(H2,23,24,26)/t13-,14+,18-,20+. The highest BCUT2D eigenvalue weighted by atomic mass is 35.5. The van der Waals surface area contributed by atoms with Crippen molar-refractivity contribution in [1.82, 2.24) is 20.8 Å². The molecule has 4 atom stereocenters. The molecule has 1 aromatic heterocycles. The van der Waals surface area contributed by atoms with Gasteiger partial charge in [-0.05, 0) is 55.2 Å². The zero-order valence-corrected chi connectivity index (χ0v) is 15.9. The van der Waals surface area contributed by atoms with Crippen molar-refractivity contribution in [2.24, 2.45) is 11.8 Å². The number of aromatic nitrogens is 2. The number of aliphatic hydroxyl groups is 1. The smallest absolute Gasteiger partial charge is 0.315 e. The lowest BCUT2D eigenvalue weighted by atomic mass is 9.86. The number of rotatable bonds is 3. The van der Waals surface area contributed by atoms with Crippen LogP contribution < -0.4 is 10.6 Å². The number of carbonyl (C=O) groups excluding carboxylic acids is 1. The minimum absolute atomic E-state index is 0.0511. The predicted octanol–water partition coefficient (Wildman–Crippen LogP) is 3.44. The quantitative estimate of drug-likeness (QED) is 0.649. The molecule has 0 unspecified atom stereocenters. The van der Waals surface area contributed by atoms with Crippen LogP contribution in [0.2, 0.25) is 5.02 Å². The van der Waals surface area contributed by atoms with Gasteiger partial charge in [-0.25, -0.2) is 4.79 Å². The Kier molecular flexibility index (Phi) is 4.09. The van der Waals surface area contributed by atoms with Crippen molar-refractivity contribution in [3.8, 4) is 0 Å². The van der Waals surface area contributed by atoms with Gasteiger partial charge in [-0.3, -0.25) is 5.10 Å². The molecule has 3 fully saturated rings. The van der Waals surface area contributed by atoms with Crippen LogP contribution in [0, 0.1) is 11.8 Å². The molecule has 1 aromatic carbocycles. The minimum atomic E-state index is -0.902. The summed E-state index contributed by atoms with van der Waals surface area (Å²) in [5.74, 6) is 0.654. The molecule has 7 heteroatoms. The van der Waals surface area contributed by atoms with Gasteiger partial charge in [0.05, 0.1) is 17.3 Å². The van der Waals surface area contributed by atoms with E-state index in [1.54, 1.807) is 6.20 Å². The Balaban J connectivity index is 1.23. The van der Waals surface area contributed by atoms with Crippen molar-refractivity contribution in [1.29, 1.82) is 0 Å². The van der Waals surface area contributed by atoms with Gasteiger partial charge in [0.2, 0.25) is 0 Å². The largest absolute Gasteiger partial charge is 0.385 e. The summed E-state index contributed by atoms with van der Waals surface area (Å²) >= 11 is 6.23. The van der Waals surface area contributed by atoms with Crippen molar-refractivity contribution in [3.63, 3.8) is 0 Å². The number of aromatic amines is 1. The summed E-state index contributed by atoms with van der Waals surface area (Å²) < 4.78 is 0. The molecule has 3 aliphatic rings. The first-order valence-electron chi connectivity index (χ1n) is 9.96. The van der Waals surface area contributed by atoms with Crippen molar-refractivity contribution in [3.05, 3.63) is 28.9 Å². The molecule has 2 aromatic rings. The fraction of sp³-hybridized carbons (Fsp3) is 0.600. The van der Waals surface area contributed by atoms with E-state index in [1.165, 1.54) is 19.3 Å². The summed E-state index contributed by atoms with van der Waals surface area (Å²) in [6.07, 6.45) is 8.89. The first-order valence-corrected chi connectivity index (χ1v) is 10.3. The van der Waals surface area contributed by atoms with Crippen LogP contribution in [-0.4, -0.2) is 33.4 Å². The molecular formula is C20H25ClN4O2. The number of H-pyrrole nitrogens is 1. The second kappa shape index (κ2) is 6.38. The number of benzene rings is 1. The summed E-state index contributed by atoms with van der Waals surface area (Å²) in [7, 11) is 0. The summed E-state index contributed by atoms with van der Waals surface area (Å²) in [5, 5.41) is 26.1. The maximum Gasteiger partial charge on any atom is 0.315 e. The van der Waals surface area contributed by atoms with Crippen LogP contribution in [0.3, 0.4) is 0 Å². The number of hydrogen-bond donors (Lipinski definition) is 4. The number of nitrogens with one attached hydrogen (secondary N) is 3. The summed E-state index contributed by atoms with van der Waals surface area (Å²) in [5.41, 5.74) is 0.782. The molecule has 27 heavy (non-hydrogen) atoms. The van der Waals surface area contributed by atoms with Gasteiger partial charge in [0.25, 0.3) is 0 Å². The number of urea groups is 1. The average Bonchev–Trinajstić information content (AvgIpc) is 3.02. The maximum atomic E-state index is 12.3. The van der Waals surface area contributed by atoms with Crippen LogP contribution in [0.1, 0.15) is 50.5 Å². The molecule has 6 nitrogen and oxygen atoms in total. The van der Waals surface area contributed by atoms with Crippen molar-refractivity contribution >= 4 is 28.5 Å². The highest BCUT2D eigenvalue weighted by Gasteiger charge is 2.62. The summed E-state index contributed by atoms with van der Waals surface area (Å²) in [6.45, 7) is 0. The number of halogens is 1. The van der Waals surface area contributed by atoms with Gasteiger partial charge in [0, 0.05) is 22.5 Å². The molecule has 0 spiro atoms. The number of fused-ring (bicyclic) bond motifs is 2. The SMILES string of the molecule is O=C(NC1CCCCC1)N[C@@H]1[C@@H]2C[C@@](O)(c3cc(Cl)cc4[nH]ncc34)C[C@@H]21. The van der Waals surface area contributed by atoms with E-state index < -0.39 is 5.60 Å². The summed E-state index contributed by atoms with van der Waals surface area (Å²) in [4.78, 5) is 12.3. The first kappa shape index (κ1) is 17.3. The zero-order valence-electron chi connectivity index (χ0n) is 15.2. The molecule has 144 valence electrons. The Morgan fingerprint density at radius 3 is 2.67 bits per heavy atom. The molecule has 3 aliphatic carbocycles. The van der Waals surface area contributed by atoms with Crippen molar-refractivity contribution < 1.29 is 9.90 Å². The van der Waals surface area contributed by atoms with E-state index in [4.69, 9.17) is 11.6 Å². The summed E-state index contributed by atoms with van der Waals surface area (Å²) in [6, 6.07) is 4.11. The fourth-order valence-corrected chi connectivity index (χ4v) is 5.54. The zero-order chi connectivity index (χ0) is 18.6. The number of hydrogen-bond acceptors (Lipinski definition) is 3. The van der Waals surface area contributed by atoms with Gasteiger partial charge in [-0.1, -0.05) is 30.9 Å². The Labute approximate surface area is 163 Å². The monoisotopic (exact) mass is 388 g/mol. The molecule has 1 heterocycles. The molecule has 0 radical (unpaired) electrons. The molecule has 0 saturated heterocycles. The third-order valence-corrected chi connectivity index (χ3v) is 6.96. The van der Waals surface area contributed by atoms with Crippen LogP contribution >= 0.6 is 11.6 Å².